The lowest BCUT2D eigenvalue weighted by Crippen LogP contribution is -2.39. The van der Waals surface area contributed by atoms with Gasteiger partial charge in [0.2, 0.25) is 11.8 Å². The molecule has 0 aliphatic rings. The zero-order chi connectivity index (χ0) is 12.0. The van der Waals surface area contributed by atoms with Crippen LogP contribution in [-0.4, -0.2) is 62.0 Å². The van der Waals surface area contributed by atoms with Gasteiger partial charge in [0.1, 0.15) is 6.61 Å². The summed E-state index contributed by atoms with van der Waals surface area (Å²) in [6, 6.07) is 0. The molecule has 0 bridgehead atoms. The second-order valence-electron chi connectivity index (χ2n) is 3.90. The molecule has 5 nitrogen and oxygen atoms in total. The molecule has 0 aliphatic carbocycles. The van der Waals surface area contributed by atoms with Gasteiger partial charge in [0.05, 0.1) is 12.6 Å². The fraction of sp³-hybridized carbons (Fsp3) is 0.800. The maximum absolute atomic E-state index is 11.4. The molecule has 15 heavy (non-hydrogen) atoms. The number of hydrogen-bond acceptors (Lipinski definition) is 3. The van der Waals surface area contributed by atoms with E-state index in [0.717, 1.165) is 0 Å². The normalized spacial score (nSPS) is 10.3. The van der Waals surface area contributed by atoms with Crippen molar-refractivity contribution in [2.24, 2.45) is 0 Å². The third-order valence-electron chi connectivity index (χ3n) is 1.84. The van der Waals surface area contributed by atoms with E-state index in [1.807, 2.05) is 13.8 Å². The Labute approximate surface area is 91.0 Å². The molecule has 0 fully saturated rings. The van der Waals surface area contributed by atoms with Crippen LogP contribution in [-0.2, 0) is 14.3 Å². The van der Waals surface area contributed by atoms with E-state index in [1.165, 1.54) is 9.80 Å². The minimum Gasteiger partial charge on any atom is -0.369 e. The van der Waals surface area contributed by atoms with Gasteiger partial charge in [-0.05, 0) is 13.8 Å². The molecule has 0 spiro atoms. The Morgan fingerprint density at radius 2 is 1.67 bits per heavy atom. The lowest BCUT2D eigenvalue weighted by atomic mass is 10.4. The molecular weight excluding hydrogens is 196 g/mol. The molecule has 5 heteroatoms. The molecule has 0 aromatic heterocycles. The van der Waals surface area contributed by atoms with E-state index in [-0.39, 0.29) is 31.1 Å². The Bertz CT molecular complexity index is 227. The summed E-state index contributed by atoms with van der Waals surface area (Å²) in [5, 5.41) is 0. The maximum atomic E-state index is 11.4. The molecule has 0 rings (SSSR count). The van der Waals surface area contributed by atoms with Crippen molar-refractivity contribution in [1.82, 2.24) is 9.80 Å². The molecule has 0 aromatic carbocycles. The number of carbonyl (C=O) groups excluding carboxylic acids is 2. The number of carbonyl (C=O) groups is 2. The van der Waals surface area contributed by atoms with Crippen LogP contribution in [0.15, 0.2) is 0 Å². The van der Waals surface area contributed by atoms with Gasteiger partial charge in [-0.1, -0.05) is 0 Å². The summed E-state index contributed by atoms with van der Waals surface area (Å²) in [6.45, 7) is 3.83. The Hall–Kier alpha value is -1.10. The topological polar surface area (TPSA) is 49.9 Å². The highest BCUT2D eigenvalue weighted by Crippen LogP contribution is 1.92. The minimum absolute atomic E-state index is 0.0203. The summed E-state index contributed by atoms with van der Waals surface area (Å²) in [7, 11) is 4.91. The minimum atomic E-state index is -0.182. The molecule has 88 valence electrons. The molecule has 0 aromatic rings. The van der Waals surface area contributed by atoms with Crippen LogP contribution in [0.25, 0.3) is 0 Å². The lowest BCUT2D eigenvalue weighted by Gasteiger charge is -2.19. The molecular formula is C10H20N2O3. The molecule has 0 aliphatic heterocycles. The maximum Gasteiger partial charge on any atom is 0.248 e. The summed E-state index contributed by atoms with van der Waals surface area (Å²) < 4.78 is 5.15. The number of amides is 2. The average Bonchev–Trinajstić information content (AvgIpc) is 2.13. The molecule has 0 saturated heterocycles. The number of nitrogens with zero attached hydrogens (tertiary/aromatic N) is 2. The standard InChI is InChI=1S/C10H20N2O3/c1-8(2)15-7-10(14)12(5)6-9(13)11(3)4/h8H,6-7H2,1-5H3. The van der Waals surface area contributed by atoms with E-state index in [9.17, 15) is 9.59 Å². The molecule has 2 amide bonds. The van der Waals surface area contributed by atoms with Crippen LogP contribution in [0.2, 0.25) is 0 Å². The highest BCUT2D eigenvalue weighted by Gasteiger charge is 2.14. The molecule has 0 saturated carbocycles. The zero-order valence-corrected chi connectivity index (χ0v) is 10.1. The van der Waals surface area contributed by atoms with Crippen molar-refractivity contribution in [1.29, 1.82) is 0 Å². The zero-order valence-electron chi connectivity index (χ0n) is 10.1. The lowest BCUT2D eigenvalue weighted by molar-refractivity contribution is -0.141. The monoisotopic (exact) mass is 216 g/mol. The number of rotatable bonds is 5. The van der Waals surface area contributed by atoms with E-state index in [1.54, 1.807) is 21.1 Å². The molecule has 0 heterocycles. The first kappa shape index (κ1) is 13.9. The summed E-state index contributed by atoms with van der Waals surface area (Å²) in [5.74, 6) is -0.283. The number of ether oxygens (including phenoxy) is 1. The van der Waals surface area contributed by atoms with Crippen LogP contribution in [0.5, 0.6) is 0 Å². The van der Waals surface area contributed by atoms with Gasteiger partial charge >= 0.3 is 0 Å². The van der Waals surface area contributed by atoms with E-state index < -0.39 is 0 Å². The van der Waals surface area contributed by atoms with Gasteiger partial charge in [0.25, 0.3) is 0 Å². The predicted octanol–water partition coefficient (Wildman–Crippen LogP) is -0.0420. The van der Waals surface area contributed by atoms with Crippen molar-refractivity contribution in [3.63, 3.8) is 0 Å². The van der Waals surface area contributed by atoms with Crippen LogP contribution in [0.4, 0.5) is 0 Å². The van der Waals surface area contributed by atoms with E-state index in [0.29, 0.717) is 0 Å². The summed E-state index contributed by atoms with van der Waals surface area (Å²) in [6.07, 6.45) is 0.0203. The van der Waals surface area contributed by atoms with Gasteiger partial charge < -0.3 is 14.5 Å². The number of hydrogen-bond donors (Lipinski definition) is 0. The Morgan fingerprint density at radius 1 is 1.13 bits per heavy atom. The summed E-state index contributed by atoms with van der Waals surface area (Å²) in [5.41, 5.74) is 0. The van der Waals surface area contributed by atoms with Gasteiger partial charge in [-0.3, -0.25) is 9.59 Å². The van der Waals surface area contributed by atoms with Crippen LogP contribution in [0.3, 0.4) is 0 Å². The fourth-order valence-corrected chi connectivity index (χ4v) is 0.781. The smallest absolute Gasteiger partial charge is 0.248 e. The first-order valence-corrected chi connectivity index (χ1v) is 4.90. The highest BCUT2D eigenvalue weighted by atomic mass is 16.5. The van der Waals surface area contributed by atoms with Gasteiger partial charge in [-0.15, -0.1) is 0 Å². The predicted molar refractivity (Wildman–Crippen MR) is 57.4 cm³/mol. The van der Waals surface area contributed by atoms with E-state index >= 15 is 0 Å². The van der Waals surface area contributed by atoms with E-state index in [4.69, 9.17) is 4.74 Å². The summed E-state index contributed by atoms with van der Waals surface area (Å²) >= 11 is 0. The quantitative estimate of drug-likeness (QED) is 0.648. The molecule has 0 atom stereocenters. The largest absolute Gasteiger partial charge is 0.369 e. The van der Waals surface area contributed by atoms with Crippen molar-refractivity contribution in [2.45, 2.75) is 20.0 Å². The molecule has 0 N–H and O–H groups in total. The molecule has 0 radical (unpaired) electrons. The Morgan fingerprint density at radius 3 is 2.07 bits per heavy atom. The van der Waals surface area contributed by atoms with Crippen LogP contribution >= 0.6 is 0 Å². The van der Waals surface area contributed by atoms with Gasteiger partial charge in [0.15, 0.2) is 0 Å². The third-order valence-corrected chi connectivity index (χ3v) is 1.84. The van der Waals surface area contributed by atoms with Crippen molar-refractivity contribution >= 4 is 11.8 Å². The second kappa shape index (κ2) is 6.40. The second-order valence-corrected chi connectivity index (χ2v) is 3.90. The SMILES string of the molecule is CC(C)OCC(=O)N(C)CC(=O)N(C)C. The molecule has 0 unspecified atom stereocenters. The van der Waals surface area contributed by atoms with Gasteiger partial charge in [-0.2, -0.15) is 0 Å². The van der Waals surface area contributed by atoms with Crippen molar-refractivity contribution in [2.75, 3.05) is 34.3 Å². The third kappa shape index (κ3) is 6.06. The van der Waals surface area contributed by atoms with Crippen LogP contribution < -0.4 is 0 Å². The number of likely N-dealkylation sites (N-methyl/N-ethyl adjacent to an activating group) is 2. The van der Waals surface area contributed by atoms with Crippen LogP contribution in [0, 0.1) is 0 Å². The van der Waals surface area contributed by atoms with Gasteiger partial charge in [0, 0.05) is 21.1 Å². The highest BCUT2D eigenvalue weighted by molar-refractivity contribution is 5.84. The first-order chi connectivity index (χ1) is 6.84. The van der Waals surface area contributed by atoms with Crippen molar-refractivity contribution < 1.29 is 14.3 Å². The average molecular weight is 216 g/mol. The Kier molecular flexibility index (Phi) is 5.93. The van der Waals surface area contributed by atoms with Crippen molar-refractivity contribution in [3.05, 3.63) is 0 Å². The first-order valence-electron chi connectivity index (χ1n) is 4.90. The van der Waals surface area contributed by atoms with Crippen molar-refractivity contribution in [3.8, 4) is 0 Å². The van der Waals surface area contributed by atoms with Crippen LogP contribution in [0.1, 0.15) is 13.8 Å². The summed E-state index contributed by atoms with van der Waals surface area (Å²) in [4.78, 5) is 25.5. The Balaban J connectivity index is 3.94. The van der Waals surface area contributed by atoms with E-state index in [2.05, 4.69) is 0 Å². The van der Waals surface area contributed by atoms with Gasteiger partial charge in [-0.25, -0.2) is 0 Å². The fourth-order valence-electron chi connectivity index (χ4n) is 0.781.